The molecular formula is C20H24BrNO4. The van der Waals surface area contributed by atoms with Crippen molar-refractivity contribution in [2.24, 2.45) is 0 Å². The number of methoxy groups -OCH3 is 2. The van der Waals surface area contributed by atoms with Crippen LogP contribution in [0.1, 0.15) is 18.4 Å². The van der Waals surface area contributed by atoms with Crippen LogP contribution in [0.25, 0.3) is 0 Å². The highest BCUT2D eigenvalue weighted by atomic mass is 79.9. The van der Waals surface area contributed by atoms with E-state index in [4.69, 9.17) is 14.2 Å². The van der Waals surface area contributed by atoms with Crippen LogP contribution in [0.4, 0.5) is 0 Å². The van der Waals surface area contributed by atoms with Crippen molar-refractivity contribution in [1.82, 2.24) is 5.32 Å². The van der Waals surface area contributed by atoms with Gasteiger partial charge in [-0.2, -0.15) is 0 Å². The summed E-state index contributed by atoms with van der Waals surface area (Å²) in [5, 5.41) is 2.93. The minimum atomic E-state index is 0.0309. The van der Waals surface area contributed by atoms with Gasteiger partial charge in [-0.05, 0) is 48.7 Å². The van der Waals surface area contributed by atoms with Gasteiger partial charge in [-0.1, -0.05) is 28.1 Å². The zero-order valence-electron chi connectivity index (χ0n) is 15.1. The van der Waals surface area contributed by atoms with E-state index in [1.165, 1.54) is 0 Å². The molecule has 0 spiro atoms. The van der Waals surface area contributed by atoms with Crippen molar-refractivity contribution in [3.8, 4) is 17.2 Å². The van der Waals surface area contributed by atoms with Gasteiger partial charge < -0.3 is 19.5 Å². The molecule has 0 bridgehead atoms. The number of ether oxygens (including phenoxy) is 3. The number of rotatable bonds is 10. The van der Waals surface area contributed by atoms with Crippen LogP contribution >= 0.6 is 15.9 Å². The molecule has 1 amide bonds. The van der Waals surface area contributed by atoms with Gasteiger partial charge in [0, 0.05) is 17.4 Å². The first-order chi connectivity index (χ1) is 12.6. The second-order valence-electron chi connectivity index (χ2n) is 5.70. The Balaban J connectivity index is 1.64. The van der Waals surface area contributed by atoms with Crippen molar-refractivity contribution >= 4 is 21.8 Å². The highest BCUT2D eigenvalue weighted by Crippen LogP contribution is 2.27. The number of halogens is 1. The minimum Gasteiger partial charge on any atom is -0.494 e. The van der Waals surface area contributed by atoms with Crippen molar-refractivity contribution in [3.05, 3.63) is 52.5 Å². The van der Waals surface area contributed by atoms with Crippen molar-refractivity contribution in [1.29, 1.82) is 0 Å². The van der Waals surface area contributed by atoms with E-state index in [0.717, 1.165) is 22.2 Å². The number of amides is 1. The number of carbonyl (C=O) groups is 1. The Labute approximate surface area is 162 Å². The summed E-state index contributed by atoms with van der Waals surface area (Å²) < 4.78 is 17.1. The minimum absolute atomic E-state index is 0.0309. The Morgan fingerprint density at radius 1 is 1.08 bits per heavy atom. The fourth-order valence-electron chi connectivity index (χ4n) is 2.45. The molecule has 0 saturated heterocycles. The summed E-state index contributed by atoms with van der Waals surface area (Å²) in [6.45, 7) is 1.10. The molecule has 0 heterocycles. The predicted molar refractivity (Wildman–Crippen MR) is 105 cm³/mol. The Hall–Kier alpha value is -2.21. The fraction of sp³-hybridized carbons (Fsp3) is 0.350. The lowest BCUT2D eigenvalue weighted by Gasteiger charge is -2.10. The third-order valence-corrected chi connectivity index (χ3v) is 4.29. The standard InChI is InChI=1S/C20H24BrNO4/c1-24-18-9-8-15(13-19(18)25-2)10-11-22-20(23)7-4-12-26-17-6-3-5-16(21)14-17/h3,5-6,8-9,13-14H,4,7,10-12H2,1-2H3,(H,22,23). The molecule has 2 rings (SSSR count). The number of nitrogens with one attached hydrogen (secondary N) is 1. The number of benzene rings is 2. The van der Waals surface area contributed by atoms with Crippen LogP contribution in [0.2, 0.25) is 0 Å². The molecule has 0 atom stereocenters. The zero-order valence-corrected chi connectivity index (χ0v) is 16.7. The van der Waals surface area contributed by atoms with E-state index < -0.39 is 0 Å². The largest absolute Gasteiger partial charge is 0.494 e. The van der Waals surface area contributed by atoms with E-state index in [1.54, 1.807) is 14.2 Å². The third-order valence-electron chi connectivity index (χ3n) is 3.80. The Morgan fingerprint density at radius 2 is 1.88 bits per heavy atom. The fourth-order valence-corrected chi connectivity index (χ4v) is 2.83. The van der Waals surface area contributed by atoms with Gasteiger partial charge in [0.25, 0.3) is 0 Å². The van der Waals surface area contributed by atoms with E-state index in [2.05, 4.69) is 21.2 Å². The lowest BCUT2D eigenvalue weighted by Crippen LogP contribution is -2.25. The van der Waals surface area contributed by atoms with Gasteiger partial charge in [0.2, 0.25) is 5.91 Å². The molecule has 0 fully saturated rings. The Bertz CT molecular complexity index is 721. The van der Waals surface area contributed by atoms with E-state index >= 15 is 0 Å². The van der Waals surface area contributed by atoms with Crippen LogP contribution in [0.5, 0.6) is 17.2 Å². The molecular weight excluding hydrogens is 398 g/mol. The van der Waals surface area contributed by atoms with E-state index in [-0.39, 0.29) is 5.91 Å². The second-order valence-corrected chi connectivity index (χ2v) is 6.61. The summed E-state index contributed by atoms with van der Waals surface area (Å²) in [5.74, 6) is 2.23. The first kappa shape index (κ1) is 20.1. The smallest absolute Gasteiger partial charge is 0.220 e. The molecule has 0 aromatic heterocycles. The lowest BCUT2D eigenvalue weighted by atomic mass is 10.1. The molecule has 5 nitrogen and oxygen atoms in total. The van der Waals surface area contributed by atoms with Gasteiger partial charge in [0.05, 0.1) is 20.8 Å². The summed E-state index contributed by atoms with van der Waals surface area (Å²) in [4.78, 5) is 11.9. The van der Waals surface area contributed by atoms with Gasteiger partial charge in [0.15, 0.2) is 11.5 Å². The summed E-state index contributed by atoms with van der Waals surface area (Å²) in [7, 11) is 3.22. The SMILES string of the molecule is COc1ccc(CCNC(=O)CCCOc2cccc(Br)c2)cc1OC. The first-order valence-corrected chi connectivity index (χ1v) is 9.27. The second kappa shape index (κ2) is 10.7. The van der Waals surface area contributed by atoms with Crippen LogP contribution in [0.15, 0.2) is 46.9 Å². The van der Waals surface area contributed by atoms with Crippen LogP contribution in [0, 0.1) is 0 Å². The van der Waals surface area contributed by atoms with Crippen molar-refractivity contribution in [2.75, 3.05) is 27.4 Å². The maximum absolute atomic E-state index is 11.9. The Kier molecular flexibility index (Phi) is 8.28. The van der Waals surface area contributed by atoms with E-state index in [1.807, 2.05) is 42.5 Å². The van der Waals surface area contributed by atoms with Gasteiger partial charge in [-0.3, -0.25) is 4.79 Å². The average molecular weight is 422 g/mol. The monoisotopic (exact) mass is 421 g/mol. The molecule has 2 aromatic rings. The highest BCUT2D eigenvalue weighted by Gasteiger charge is 2.06. The topological polar surface area (TPSA) is 56.8 Å². The molecule has 0 saturated carbocycles. The molecule has 0 aliphatic rings. The van der Waals surface area contributed by atoms with Crippen LogP contribution in [0.3, 0.4) is 0 Å². The zero-order chi connectivity index (χ0) is 18.8. The molecule has 6 heteroatoms. The summed E-state index contributed by atoms with van der Waals surface area (Å²) >= 11 is 3.40. The molecule has 1 N–H and O–H groups in total. The molecule has 26 heavy (non-hydrogen) atoms. The van der Waals surface area contributed by atoms with E-state index in [0.29, 0.717) is 37.5 Å². The first-order valence-electron chi connectivity index (χ1n) is 8.48. The van der Waals surface area contributed by atoms with Crippen LogP contribution in [-0.4, -0.2) is 33.3 Å². The van der Waals surface area contributed by atoms with Crippen molar-refractivity contribution in [3.63, 3.8) is 0 Å². The van der Waals surface area contributed by atoms with Gasteiger partial charge in [0.1, 0.15) is 5.75 Å². The molecule has 0 radical (unpaired) electrons. The maximum Gasteiger partial charge on any atom is 0.220 e. The summed E-state index contributed by atoms with van der Waals surface area (Å²) in [5.41, 5.74) is 1.08. The average Bonchev–Trinajstić information content (AvgIpc) is 2.65. The highest BCUT2D eigenvalue weighted by molar-refractivity contribution is 9.10. The van der Waals surface area contributed by atoms with E-state index in [9.17, 15) is 4.79 Å². The predicted octanol–water partition coefficient (Wildman–Crippen LogP) is 3.98. The van der Waals surface area contributed by atoms with Gasteiger partial charge >= 0.3 is 0 Å². The van der Waals surface area contributed by atoms with Gasteiger partial charge in [-0.15, -0.1) is 0 Å². The number of hydrogen-bond acceptors (Lipinski definition) is 4. The lowest BCUT2D eigenvalue weighted by molar-refractivity contribution is -0.121. The van der Waals surface area contributed by atoms with Gasteiger partial charge in [-0.25, -0.2) is 0 Å². The molecule has 0 aliphatic carbocycles. The Morgan fingerprint density at radius 3 is 2.62 bits per heavy atom. The maximum atomic E-state index is 11.9. The number of carbonyl (C=O) groups excluding carboxylic acids is 1. The van der Waals surface area contributed by atoms with Crippen LogP contribution in [-0.2, 0) is 11.2 Å². The third kappa shape index (κ3) is 6.59. The van der Waals surface area contributed by atoms with Crippen LogP contribution < -0.4 is 19.5 Å². The molecule has 0 aliphatic heterocycles. The molecule has 140 valence electrons. The summed E-state index contributed by atoms with van der Waals surface area (Å²) in [6, 6.07) is 13.4. The number of hydrogen-bond donors (Lipinski definition) is 1. The van der Waals surface area contributed by atoms with Crippen molar-refractivity contribution in [2.45, 2.75) is 19.3 Å². The molecule has 0 unspecified atom stereocenters. The normalized spacial score (nSPS) is 10.3. The quantitative estimate of drug-likeness (QED) is 0.589. The summed E-state index contributed by atoms with van der Waals surface area (Å²) in [6.07, 6.45) is 1.86. The van der Waals surface area contributed by atoms with Crippen molar-refractivity contribution < 1.29 is 19.0 Å². The molecule has 2 aromatic carbocycles.